The molecule has 4 heteroatoms. The van der Waals surface area contributed by atoms with Gasteiger partial charge in [0.25, 0.3) is 0 Å². The standard InChI is InChI=1S/C14H13N3O/c1-10-8-12(17-18-10)9-15-14-7-6-11-4-2-3-5-13(11)16-14/h2-8H,9H2,1H3,(H,15,16). The van der Waals surface area contributed by atoms with Crippen LogP contribution in [0.1, 0.15) is 11.5 Å². The van der Waals surface area contributed by atoms with Crippen LogP contribution in [0.25, 0.3) is 10.9 Å². The van der Waals surface area contributed by atoms with Gasteiger partial charge in [0.1, 0.15) is 17.3 Å². The average Bonchev–Trinajstić information content (AvgIpc) is 2.82. The fourth-order valence-electron chi connectivity index (χ4n) is 1.85. The number of nitrogens with zero attached hydrogens (tertiary/aromatic N) is 2. The Hall–Kier alpha value is -2.36. The third kappa shape index (κ3) is 2.18. The third-order valence-electron chi connectivity index (χ3n) is 2.73. The van der Waals surface area contributed by atoms with Crippen molar-refractivity contribution in [1.82, 2.24) is 10.1 Å². The Labute approximate surface area is 105 Å². The van der Waals surface area contributed by atoms with Gasteiger partial charge in [0.15, 0.2) is 0 Å². The number of aryl methyl sites for hydroxylation is 1. The number of benzene rings is 1. The van der Waals surface area contributed by atoms with Crippen molar-refractivity contribution in [1.29, 1.82) is 0 Å². The van der Waals surface area contributed by atoms with Crippen molar-refractivity contribution >= 4 is 16.7 Å². The largest absolute Gasteiger partial charge is 0.364 e. The summed E-state index contributed by atoms with van der Waals surface area (Å²) in [7, 11) is 0. The van der Waals surface area contributed by atoms with E-state index in [1.165, 1.54) is 0 Å². The van der Waals surface area contributed by atoms with E-state index in [0.717, 1.165) is 28.2 Å². The van der Waals surface area contributed by atoms with Gasteiger partial charge < -0.3 is 9.84 Å². The molecule has 0 fully saturated rings. The lowest BCUT2D eigenvalue weighted by atomic mass is 10.2. The minimum atomic E-state index is 0.614. The molecule has 0 atom stereocenters. The van der Waals surface area contributed by atoms with E-state index in [1.807, 2.05) is 43.3 Å². The molecule has 90 valence electrons. The van der Waals surface area contributed by atoms with Crippen LogP contribution in [0.4, 0.5) is 5.82 Å². The molecule has 0 radical (unpaired) electrons. The van der Waals surface area contributed by atoms with Gasteiger partial charge in [-0.05, 0) is 25.1 Å². The van der Waals surface area contributed by atoms with Crippen LogP contribution in [0.2, 0.25) is 0 Å². The Morgan fingerprint density at radius 3 is 2.89 bits per heavy atom. The Morgan fingerprint density at radius 1 is 1.17 bits per heavy atom. The first-order valence-electron chi connectivity index (χ1n) is 5.83. The molecule has 0 saturated carbocycles. The third-order valence-corrected chi connectivity index (χ3v) is 2.73. The van der Waals surface area contributed by atoms with E-state index >= 15 is 0 Å². The molecule has 3 aromatic rings. The van der Waals surface area contributed by atoms with Crippen molar-refractivity contribution < 1.29 is 4.52 Å². The number of rotatable bonds is 3. The lowest BCUT2D eigenvalue weighted by Gasteiger charge is -2.04. The van der Waals surface area contributed by atoms with Gasteiger partial charge in [0.05, 0.1) is 12.1 Å². The smallest absolute Gasteiger partial charge is 0.133 e. The van der Waals surface area contributed by atoms with Gasteiger partial charge in [-0.1, -0.05) is 23.4 Å². The fourth-order valence-corrected chi connectivity index (χ4v) is 1.85. The summed E-state index contributed by atoms with van der Waals surface area (Å²) in [4.78, 5) is 4.53. The maximum absolute atomic E-state index is 5.01. The van der Waals surface area contributed by atoms with Gasteiger partial charge in [-0.2, -0.15) is 0 Å². The van der Waals surface area contributed by atoms with E-state index in [0.29, 0.717) is 6.54 Å². The quantitative estimate of drug-likeness (QED) is 0.762. The van der Waals surface area contributed by atoms with Gasteiger partial charge in [-0.3, -0.25) is 0 Å². The summed E-state index contributed by atoms with van der Waals surface area (Å²) in [6.45, 7) is 2.49. The SMILES string of the molecule is Cc1cc(CNc2ccc3ccccc3n2)no1. The molecule has 0 amide bonds. The Morgan fingerprint density at radius 2 is 2.06 bits per heavy atom. The zero-order valence-electron chi connectivity index (χ0n) is 10.1. The molecule has 1 N–H and O–H groups in total. The summed E-state index contributed by atoms with van der Waals surface area (Å²) < 4.78 is 5.01. The number of para-hydroxylation sites is 1. The zero-order chi connectivity index (χ0) is 12.4. The zero-order valence-corrected chi connectivity index (χ0v) is 10.1. The second-order valence-corrected chi connectivity index (χ2v) is 4.17. The highest BCUT2D eigenvalue weighted by molar-refractivity contribution is 5.79. The molecule has 2 heterocycles. The number of anilines is 1. The predicted molar refractivity (Wildman–Crippen MR) is 70.3 cm³/mol. The molecule has 0 aliphatic heterocycles. The van der Waals surface area contributed by atoms with Crippen molar-refractivity contribution in [3.8, 4) is 0 Å². The summed E-state index contributed by atoms with van der Waals surface area (Å²) in [5.74, 6) is 1.66. The fraction of sp³-hybridized carbons (Fsp3) is 0.143. The summed E-state index contributed by atoms with van der Waals surface area (Å²) >= 11 is 0. The maximum Gasteiger partial charge on any atom is 0.133 e. The van der Waals surface area contributed by atoms with E-state index in [1.54, 1.807) is 0 Å². The van der Waals surface area contributed by atoms with E-state index in [9.17, 15) is 0 Å². The number of hydrogen-bond acceptors (Lipinski definition) is 4. The number of aromatic nitrogens is 2. The predicted octanol–water partition coefficient (Wildman–Crippen LogP) is 3.14. The molecule has 0 bridgehead atoms. The van der Waals surface area contributed by atoms with E-state index in [-0.39, 0.29) is 0 Å². The second kappa shape index (κ2) is 4.49. The maximum atomic E-state index is 5.01. The first-order chi connectivity index (χ1) is 8.81. The van der Waals surface area contributed by atoms with Gasteiger partial charge in [0.2, 0.25) is 0 Å². The molecule has 0 spiro atoms. The minimum Gasteiger partial charge on any atom is -0.364 e. The normalized spacial score (nSPS) is 10.7. The van der Waals surface area contributed by atoms with Crippen LogP contribution in [0, 0.1) is 6.92 Å². The number of pyridine rings is 1. The van der Waals surface area contributed by atoms with Crippen LogP contribution in [-0.4, -0.2) is 10.1 Å². The van der Waals surface area contributed by atoms with Gasteiger partial charge in [-0.15, -0.1) is 0 Å². The van der Waals surface area contributed by atoms with Crippen LogP contribution < -0.4 is 5.32 Å². The van der Waals surface area contributed by atoms with Crippen molar-refractivity contribution in [3.05, 3.63) is 53.9 Å². The monoisotopic (exact) mass is 239 g/mol. The molecule has 3 rings (SSSR count). The van der Waals surface area contributed by atoms with Crippen LogP contribution in [0.15, 0.2) is 47.0 Å². The lowest BCUT2D eigenvalue weighted by molar-refractivity contribution is 0.391. The van der Waals surface area contributed by atoms with Crippen molar-refractivity contribution in [2.24, 2.45) is 0 Å². The Balaban J connectivity index is 1.78. The molecule has 2 aromatic heterocycles. The van der Waals surface area contributed by atoms with Crippen LogP contribution in [-0.2, 0) is 6.54 Å². The summed E-state index contributed by atoms with van der Waals surface area (Å²) in [5, 5.41) is 8.30. The second-order valence-electron chi connectivity index (χ2n) is 4.17. The average molecular weight is 239 g/mol. The first-order valence-corrected chi connectivity index (χ1v) is 5.83. The summed E-state index contributed by atoms with van der Waals surface area (Å²) in [5.41, 5.74) is 1.86. The minimum absolute atomic E-state index is 0.614. The lowest BCUT2D eigenvalue weighted by Crippen LogP contribution is -2.01. The van der Waals surface area contributed by atoms with Crippen molar-refractivity contribution in [2.75, 3.05) is 5.32 Å². The first kappa shape index (κ1) is 10.8. The molecule has 0 aliphatic rings. The molecule has 18 heavy (non-hydrogen) atoms. The van der Waals surface area contributed by atoms with E-state index < -0.39 is 0 Å². The Kier molecular flexibility index (Phi) is 2.68. The highest BCUT2D eigenvalue weighted by Gasteiger charge is 2.01. The van der Waals surface area contributed by atoms with Crippen molar-refractivity contribution in [3.63, 3.8) is 0 Å². The molecule has 0 aliphatic carbocycles. The molecule has 1 aromatic carbocycles. The topological polar surface area (TPSA) is 51.0 Å². The molecular formula is C14H13N3O. The van der Waals surface area contributed by atoms with Gasteiger partial charge >= 0.3 is 0 Å². The molecule has 4 nitrogen and oxygen atoms in total. The van der Waals surface area contributed by atoms with Gasteiger partial charge in [-0.25, -0.2) is 4.98 Å². The van der Waals surface area contributed by atoms with Gasteiger partial charge in [0, 0.05) is 11.5 Å². The molecule has 0 saturated heterocycles. The van der Waals surface area contributed by atoms with Crippen molar-refractivity contribution in [2.45, 2.75) is 13.5 Å². The van der Waals surface area contributed by atoms with Crippen LogP contribution in [0.5, 0.6) is 0 Å². The summed E-state index contributed by atoms with van der Waals surface area (Å²) in [6.07, 6.45) is 0. The Bertz CT molecular complexity index is 675. The highest BCUT2D eigenvalue weighted by Crippen LogP contribution is 2.15. The van der Waals surface area contributed by atoms with Crippen LogP contribution in [0.3, 0.4) is 0 Å². The van der Waals surface area contributed by atoms with E-state index in [2.05, 4.69) is 21.5 Å². The van der Waals surface area contributed by atoms with Crippen LogP contribution >= 0.6 is 0 Å². The highest BCUT2D eigenvalue weighted by atomic mass is 16.5. The number of hydrogen-bond donors (Lipinski definition) is 1. The number of fused-ring (bicyclic) bond motifs is 1. The number of nitrogens with one attached hydrogen (secondary N) is 1. The summed E-state index contributed by atoms with van der Waals surface area (Å²) in [6, 6.07) is 14.0. The molecular weight excluding hydrogens is 226 g/mol. The molecule has 0 unspecified atom stereocenters. The van der Waals surface area contributed by atoms with E-state index in [4.69, 9.17) is 4.52 Å².